The summed E-state index contributed by atoms with van der Waals surface area (Å²) >= 11 is 0. The molecule has 0 saturated carbocycles. The first-order valence-corrected chi connectivity index (χ1v) is 7.27. The summed E-state index contributed by atoms with van der Waals surface area (Å²) in [5, 5.41) is 5.74. The van der Waals surface area contributed by atoms with Crippen LogP contribution in [0.25, 0.3) is 10.8 Å². The van der Waals surface area contributed by atoms with Crippen molar-refractivity contribution < 1.29 is 0 Å². The van der Waals surface area contributed by atoms with E-state index in [-0.39, 0.29) is 0 Å². The van der Waals surface area contributed by atoms with E-state index in [0.29, 0.717) is 5.92 Å². The minimum Gasteiger partial charge on any atom is -0.325 e. The molecule has 2 aromatic heterocycles. The minimum absolute atomic E-state index is 0.577. The zero-order chi connectivity index (χ0) is 14.8. The lowest BCUT2D eigenvalue weighted by molar-refractivity contribution is 0.527. The number of rotatable bonds is 4. The maximum atomic E-state index is 4.60. The number of nitrogens with one attached hydrogen (secondary N) is 1. The number of hydrogen-bond donors (Lipinski definition) is 1. The Morgan fingerprint density at radius 3 is 2.90 bits per heavy atom. The van der Waals surface area contributed by atoms with Gasteiger partial charge in [0.2, 0.25) is 5.95 Å². The van der Waals surface area contributed by atoms with Crippen molar-refractivity contribution in [2.24, 2.45) is 5.92 Å². The molecule has 0 fully saturated rings. The molecule has 0 aliphatic heterocycles. The van der Waals surface area contributed by atoms with Crippen LogP contribution < -0.4 is 5.32 Å². The van der Waals surface area contributed by atoms with Crippen molar-refractivity contribution in [1.82, 2.24) is 14.5 Å². The van der Waals surface area contributed by atoms with Crippen LogP contribution in [0.5, 0.6) is 0 Å². The van der Waals surface area contributed by atoms with Crippen LogP contribution in [-0.2, 0) is 6.54 Å². The molecule has 0 aliphatic rings. The number of imidazole rings is 1. The van der Waals surface area contributed by atoms with Gasteiger partial charge in [-0.1, -0.05) is 26.0 Å². The molecule has 0 radical (unpaired) electrons. The molecule has 0 amide bonds. The molecule has 0 bridgehead atoms. The van der Waals surface area contributed by atoms with Gasteiger partial charge in [0.15, 0.2) is 0 Å². The summed E-state index contributed by atoms with van der Waals surface area (Å²) in [6.45, 7) is 7.39. The maximum Gasteiger partial charge on any atom is 0.207 e. The van der Waals surface area contributed by atoms with Crippen molar-refractivity contribution in [1.29, 1.82) is 0 Å². The van der Waals surface area contributed by atoms with E-state index in [0.717, 1.165) is 29.3 Å². The van der Waals surface area contributed by atoms with Crippen LogP contribution in [0, 0.1) is 12.8 Å². The number of aromatic nitrogens is 3. The fourth-order valence-electron chi connectivity index (χ4n) is 2.52. The molecule has 3 rings (SSSR count). The van der Waals surface area contributed by atoms with Crippen LogP contribution in [0.3, 0.4) is 0 Å². The Bertz CT molecular complexity index is 753. The van der Waals surface area contributed by atoms with Crippen molar-refractivity contribution in [2.75, 3.05) is 5.32 Å². The van der Waals surface area contributed by atoms with Gasteiger partial charge < -0.3 is 9.88 Å². The average Bonchev–Trinajstić information content (AvgIpc) is 2.78. The third-order valence-electron chi connectivity index (χ3n) is 3.39. The van der Waals surface area contributed by atoms with E-state index in [1.54, 1.807) is 0 Å². The van der Waals surface area contributed by atoms with E-state index in [4.69, 9.17) is 0 Å². The van der Waals surface area contributed by atoms with Gasteiger partial charge in [0.25, 0.3) is 0 Å². The van der Waals surface area contributed by atoms with Gasteiger partial charge in [0.05, 0.1) is 11.4 Å². The van der Waals surface area contributed by atoms with Gasteiger partial charge >= 0.3 is 0 Å². The summed E-state index contributed by atoms with van der Waals surface area (Å²) in [7, 11) is 0. The summed E-state index contributed by atoms with van der Waals surface area (Å²) in [5.41, 5.74) is 2.06. The van der Waals surface area contributed by atoms with Gasteiger partial charge in [0, 0.05) is 30.5 Å². The third-order valence-corrected chi connectivity index (χ3v) is 3.39. The van der Waals surface area contributed by atoms with Gasteiger partial charge in [-0.15, -0.1) is 0 Å². The molecule has 0 spiro atoms. The number of aryl methyl sites for hydroxylation is 1. The number of hydrogen-bond acceptors (Lipinski definition) is 3. The lowest BCUT2D eigenvalue weighted by atomic mass is 10.1. The molecule has 2 heterocycles. The summed E-state index contributed by atoms with van der Waals surface area (Å²) in [4.78, 5) is 8.82. The van der Waals surface area contributed by atoms with Gasteiger partial charge in [-0.05, 0) is 30.4 Å². The first-order valence-electron chi connectivity index (χ1n) is 7.27. The van der Waals surface area contributed by atoms with Crippen molar-refractivity contribution in [2.45, 2.75) is 27.3 Å². The highest BCUT2D eigenvalue weighted by Crippen LogP contribution is 2.25. The fraction of sp³-hybridized carbons (Fsp3) is 0.294. The zero-order valence-electron chi connectivity index (χ0n) is 12.7. The molecule has 0 atom stereocenters. The summed E-state index contributed by atoms with van der Waals surface area (Å²) in [6, 6.07) is 8.22. The van der Waals surface area contributed by atoms with Crippen LogP contribution in [0.15, 0.2) is 42.9 Å². The van der Waals surface area contributed by atoms with Crippen molar-refractivity contribution in [3.8, 4) is 0 Å². The second-order valence-electron chi connectivity index (χ2n) is 5.78. The number of anilines is 2. The van der Waals surface area contributed by atoms with Gasteiger partial charge in [-0.2, -0.15) is 0 Å². The Balaban J connectivity index is 1.99. The van der Waals surface area contributed by atoms with Crippen LogP contribution >= 0.6 is 0 Å². The van der Waals surface area contributed by atoms with Crippen molar-refractivity contribution >= 4 is 22.4 Å². The molecule has 0 aliphatic carbocycles. The molecular formula is C17H20N4. The molecule has 0 saturated heterocycles. The van der Waals surface area contributed by atoms with E-state index < -0.39 is 0 Å². The van der Waals surface area contributed by atoms with Crippen LogP contribution in [-0.4, -0.2) is 14.5 Å². The molecule has 1 N–H and O–H groups in total. The van der Waals surface area contributed by atoms with E-state index >= 15 is 0 Å². The van der Waals surface area contributed by atoms with Gasteiger partial charge in [-0.3, -0.25) is 4.98 Å². The molecule has 4 nitrogen and oxygen atoms in total. The summed E-state index contributed by atoms with van der Waals surface area (Å²) in [6.07, 6.45) is 5.79. The molecule has 3 aromatic rings. The predicted molar refractivity (Wildman–Crippen MR) is 86.8 cm³/mol. The lowest BCUT2D eigenvalue weighted by Gasteiger charge is -2.13. The number of fused-ring (bicyclic) bond motifs is 1. The van der Waals surface area contributed by atoms with E-state index in [1.807, 2.05) is 31.5 Å². The van der Waals surface area contributed by atoms with Crippen molar-refractivity contribution in [3.63, 3.8) is 0 Å². The lowest BCUT2D eigenvalue weighted by Crippen LogP contribution is -2.07. The van der Waals surface area contributed by atoms with Crippen LogP contribution in [0.1, 0.15) is 19.5 Å². The largest absolute Gasteiger partial charge is 0.325 e. The summed E-state index contributed by atoms with van der Waals surface area (Å²) < 4.78 is 2.18. The smallest absolute Gasteiger partial charge is 0.207 e. The zero-order valence-corrected chi connectivity index (χ0v) is 12.7. The highest BCUT2D eigenvalue weighted by molar-refractivity contribution is 5.94. The first kappa shape index (κ1) is 13.6. The van der Waals surface area contributed by atoms with Gasteiger partial charge in [0.1, 0.15) is 0 Å². The Kier molecular flexibility index (Phi) is 3.60. The first-order chi connectivity index (χ1) is 10.1. The van der Waals surface area contributed by atoms with E-state index in [1.165, 1.54) is 5.39 Å². The maximum absolute atomic E-state index is 4.60. The topological polar surface area (TPSA) is 42.7 Å². The Hall–Kier alpha value is -2.36. The monoisotopic (exact) mass is 280 g/mol. The highest BCUT2D eigenvalue weighted by Gasteiger charge is 2.09. The van der Waals surface area contributed by atoms with Crippen LogP contribution in [0.4, 0.5) is 11.6 Å². The van der Waals surface area contributed by atoms with Gasteiger partial charge in [-0.25, -0.2) is 4.98 Å². The number of pyridine rings is 1. The molecule has 1 aromatic carbocycles. The van der Waals surface area contributed by atoms with Crippen LogP contribution in [0.2, 0.25) is 0 Å². The normalized spacial score (nSPS) is 11.2. The third kappa shape index (κ3) is 2.89. The second-order valence-corrected chi connectivity index (χ2v) is 5.78. The van der Waals surface area contributed by atoms with E-state index in [2.05, 4.69) is 52.0 Å². The number of benzene rings is 1. The molecule has 0 unspecified atom stereocenters. The predicted octanol–water partition coefficient (Wildman–Crippen LogP) is 4.14. The number of nitrogens with zero attached hydrogens (tertiary/aromatic N) is 3. The summed E-state index contributed by atoms with van der Waals surface area (Å²) in [5.74, 6) is 1.46. The quantitative estimate of drug-likeness (QED) is 0.781. The molecular weight excluding hydrogens is 260 g/mol. The minimum atomic E-state index is 0.577. The second kappa shape index (κ2) is 5.56. The SMILES string of the molecule is Cc1cn(CC(C)C)c(Nc2cccc3ccncc23)n1. The Morgan fingerprint density at radius 1 is 1.24 bits per heavy atom. The fourth-order valence-corrected chi connectivity index (χ4v) is 2.52. The standard InChI is InChI=1S/C17H20N4/c1-12(2)10-21-11-13(3)19-17(21)20-16-6-4-5-14-7-8-18-9-15(14)16/h4-9,11-12H,10H2,1-3H3,(H,19,20). The Morgan fingerprint density at radius 2 is 2.10 bits per heavy atom. The molecule has 21 heavy (non-hydrogen) atoms. The van der Waals surface area contributed by atoms with E-state index in [9.17, 15) is 0 Å². The Labute approximate surface area is 124 Å². The molecule has 108 valence electrons. The average molecular weight is 280 g/mol. The highest BCUT2D eigenvalue weighted by atomic mass is 15.2. The molecule has 4 heteroatoms. The van der Waals surface area contributed by atoms with Crippen molar-refractivity contribution in [3.05, 3.63) is 48.5 Å².